The van der Waals surface area contributed by atoms with E-state index in [0.29, 0.717) is 11.4 Å². The zero-order valence-corrected chi connectivity index (χ0v) is 20.8. The van der Waals surface area contributed by atoms with E-state index in [1.165, 1.54) is 57.2 Å². The maximum atomic E-state index is 11.5. The van der Waals surface area contributed by atoms with Gasteiger partial charge in [0.15, 0.2) is 0 Å². The van der Waals surface area contributed by atoms with Crippen LogP contribution in [0.15, 0.2) is 42.6 Å². The molecule has 1 aromatic heterocycles. The number of unbranched alkanes of at least 4 members (excludes halogenated alkanes) is 3. The number of esters is 1. The summed E-state index contributed by atoms with van der Waals surface area (Å²) in [7, 11) is 1.72. The number of rotatable bonds is 11. The summed E-state index contributed by atoms with van der Waals surface area (Å²) in [6, 6.07) is 12.0. The Labute approximate surface area is 199 Å². The van der Waals surface area contributed by atoms with Gasteiger partial charge in [-0.2, -0.15) is 0 Å². The van der Waals surface area contributed by atoms with Crippen molar-refractivity contribution in [1.82, 2.24) is 9.88 Å². The molecule has 0 bridgehead atoms. The smallest absolute Gasteiger partial charge is 0.342 e. The van der Waals surface area contributed by atoms with Gasteiger partial charge in [0.2, 0.25) is 0 Å². The molecule has 0 saturated carbocycles. The number of carbonyl (C=O) groups excluding carboxylic acids is 1. The quantitative estimate of drug-likeness (QED) is 0.335. The van der Waals surface area contributed by atoms with Crippen molar-refractivity contribution in [2.24, 2.45) is 0 Å². The van der Waals surface area contributed by atoms with Crippen LogP contribution >= 0.6 is 0 Å². The maximum absolute atomic E-state index is 11.5. The molecular formula is C27H41N3O3. The Kier molecular flexibility index (Phi) is 12.3. The van der Waals surface area contributed by atoms with E-state index in [0.717, 1.165) is 18.9 Å². The molecule has 33 heavy (non-hydrogen) atoms. The van der Waals surface area contributed by atoms with E-state index < -0.39 is 0 Å². The Morgan fingerprint density at radius 1 is 1.09 bits per heavy atom. The van der Waals surface area contributed by atoms with Crippen LogP contribution in [-0.2, 0) is 11.3 Å². The number of carbonyl (C=O) groups is 1. The van der Waals surface area contributed by atoms with Crippen LogP contribution in [0, 0.1) is 0 Å². The highest BCUT2D eigenvalue weighted by Crippen LogP contribution is 2.17. The Morgan fingerprint density at radius 3 is 2.45 bits per heavy atom. The summed E-state index contributed by atoms with van der Waals surface area (Å²) in [6.45, 7) is 10.3. The Morgan fingerprint density at radius 2 is 1.82 bits per heavy atom. The van der Waals surface area contributed by atoms with Crippen LogP contribution in [0.25, 0.3) is 0 Å². The number of nitrogens with one attached hydrogen (secondary N) is 1. The minimum absolute atomic E-state index is 0.118. The van der Waals surface area contributed by atoms with Crippen LogP contribution < -0.4 is 10.1 Å². The van der Waals surface area contributed by atoms with Gasteiger partial charge in [-0.3, -0.25) is 4.90 Å². The highest BCUT2D eigenvalue weighted by atomic mass is 16.5. The van der Waals surface area contributed by atoms with Crippen molar-refractivity contribution in [2.75, 3.05) is 32.1 Å². The molecule has 6 heteroatoms. The summed E-state index contributed by atoms with van der Waals surface area (Å²) < 4.78 is 10.8. The molecule has 2 heterocycles. The number of likely N-dealkylation sites (tertiary alicyclic amines) is 1. The second kappa shape index (κ2) is 15.3. The lowest BCUT2D eigenvalue weighted by Gasteiger charge is -2.14. The fourth-order valence-corrected chi connectivity index (χ4v) is 3.66. The standard InChI is InChI=1S/C17H27NO.C10H14N2O2/c1-2-3-4-7-14-19-17-10-8-16(9-11-17)15-18-12-5-6-13-18;1-7(2)14-10(13)8-5-4-6-12-9(8)11-3/h8-11H,2-7,12-15H2,1H3;4-7H,1-3H3,(H,11,12). The molecule has 2 aromatic rings. The average Bonchev–Trinajstić information content (AvgIpc) is 3.33. The molecule has 1 aromatic carbocycles. The number of hydrogen-bond acceptors (Lipinski definition) is 6. The third-order valence-corrected chi connectivity index (χ3v) is 5.40. The highest BCUT2D eigenvalue weighted by Gasteiger charge is 2.13. The topological polar surface area (TPSA) is 63.7 Å². The number of ether oxygens (including phenoxy) is 2. The first-order valence-electron chi connectivity index (χ1n) is 12.3. The van der Waals surface area contributed by atoms with Crippen LogP contribution in [0.4, 0.5) is 5.82 Å². The molecule has 0 amide bonds. The molecule has 0 atom stereocenters. The molecule has 1 aliphatic rings. The number of aromatic nitrogens is 1. The molecule has 1 saturated heterocycles. The lowest BCUT2D eigenvalue weighted by Crippen LogP contribution is -2.18. The Hall–Kier alpha value is -2.60. The van der Waals surface area contributed by atoms with Gasteiger partial charge in [-0.15, -0.1) is 0 Å². The number of pyridine rings is 1. The van der Waals surface area contributed by atoms with E-state index in [1.807, 2.05) is 13.8 Å². The number of anilines is 1. The molecule has 0 radical (unpaired) electrons. The third-order valence-electron chi connectivity index (χ3n) is 5.40. The largest absolute Gasteiger partial charge is 0.494 e. The lowest BCUT2D eigenvalue weighted by molar-refractivity contribution is 0.0378. The van der Waals surface area contributed by atoms with Crippen LogP contribution in [0.3, 0.4) is 0 Å². The highest BCUT2D eigenvalue weighted by molar-refractivity contribution is 5.94. The van der Waals surface area contributed by atoms with Gasteiger partial charge in [-0.25, -0.2) is 9.78 Å². The summed E-state index contributed by atoms with van der Waals surface area (Å²) in [4.78, 5) is 18.1. The first-order valence-corrected chi connectivity index (χ1v) is 12.3. The van der Waals surface area contributed by atoms with E-state index in [1.54, 1.807) is 25.4 Å². The van der Waals surface area contributed by atoms with Crippen molar-refractivity contribution in [2.45, 2.75) is 71.9 Å². The third kappa shape index (κ3) is 10.3. The summed E-state index contributed by atoms with van der Waals surface area (Å²) in [6.07, 6.45) is 9.28. The zero-order chi connectivity index (χ0) is 23.9. The van der Waals surface area contributed by atoms with Gasteiger partial charge in [0.05, 0.1) is 12.7 Å². The van der Waals surface area contributed by atoms with E-state index >= 15 is 0 Å². The monoisotopic (exact) mass is 455 g/mol. The molecule has 3 rings (SSSR count). The zero-order valence-electron chi connectivity index (χ0n) is 20.8. The van der Waals surface area contributed by atoms with Crippen molar-refractivity contribution in [3.05, 3.63) is 53.7 Å². The normalized spacial score (nSPS) is 13.4. The summed E-state index contributed by atoms with van der Waals surface area (Å²) in [5, 5.41) is 2.84. The van der Waals surface area contributed by atoms with Crippen molar-refractivity contribution in [1.29, 1.82) is 0 Å². The fraction of sp³-hybridized carbons (Fsp3) is 0.556. The molecule has 6 nitrogen and oxygen atoms in total. The van der Waals surface area contributed by atoms with E-state index in [2.05, 4.69) is 46.4 Å². The number of nitrogens with zero attached hydrogens (tertiary/aromatic N) is 2. The van der Waals surface area contributed by atoms with Crippen molar-refractivity contribution in [3.63, 3.8) is 0 Å². The van der Waals surface area contributed by atoms with Gasteiger partial charge < -0.3 is 14.8 Å². The van der Waals surface area contributed by atoms with Gasteiger partial charge in [0.1, 0.15) is 17.1 Å². The maximum Gasteiger partial charge on any atom is 0.342 e. The molecule has 1 aliphatic heterocycles. The predicted octanol–water partition coefficient (Wildman–Crippen LogP) is 5.93. The van der Waals surface area contributed by atoms with Gasteiger partial charge >= 0.3 is 5.97 Å². The van der Waals surface area contributed by atoms with Crippen molar-refractivity contribution >= 4 is 11.8 Å². The summed E-state index contributed by atoms with van der Waals surface area (Å²) >= 11 is 0. The molecule has 0 aliphatic carbocycles. The summed E-state index contributed by atoms with van der Waals surface area (Å²) in [5.41, 5.74) is 1.86. The first-order chi connectivity index (χ1) is 16.0. The molecule has 182 valence electrons. The second-order valence-corrected chi connectivity index (χ2v) is 8.64. The number of benzene rings is 1. The van der Waals surface area contributed by atoms with Crippen LogP contribution in [0.5, 0.6) is 5.75 Å². The van der Waals surface area contributed by atoms with E-state index in [9.17, 15) is 4.79 Å². The van der Waals surface area contributed by atoms with E-state index in [4.69, 9.17) is 9.47 Å². The lowest BCUT2D eigenvalue weighted by atomic mass is 10.2. The molecule has 0 spiro atoms. The molecule has 0 unspecified atom stereocenters. The second-order valence-electron chi connectivity index (χ2n) is 8.64. The van der Waals surface area contributed by atoms with Crippen LogP contribution in [0.2, 0.25) is 0 Å². The van der Waals surface area contributed by atoms with Crippen molar-refractivity contribution < 1.29 is 14.3 Å². The van der Waals surface area contributed by atoms with Gasteiger partial charge in [-0.1, -0.05) is 38.3 Å². The minimum atomic E-state index is -0.350. The van der Waals surface area contributed by atoms with Gasteiger partial charge in [0, 0.05) is 19.8 Å². The molecular weight excluding hydrogens is 414 g/mol. The predicted molar refractivity (Wildman–Crippen MR) is 135 cm³/mol. The average molecular weight is 456 g/mol. The van der Waals surface area contributed by atoms with Gasteiger partial charge in [0.25, 0.3) is 0 Å². The first kappa shape index (κ1) is 26.7. The summed E-state index contributed by atoms with van der Waals surface area (Å²) in [5.74, 6) is 1.21. The Bertz CT molecular complexity index is 803. The van der Waals surface area contributed by atoms with Gasteiger partial charge in [-0.05, 0) is 76.0 Å². The van der Waals surface area contributed by atoms with Crippen molar-refractivity contribution in [3.8, 4) is 5.75 Å². The Balaban J connectivity index is 0.000000245. The fourth-order valence-electron chi connectivity index (χ4n) is 3.66. The number of hydrogen-bond donors (Lipinski definition) is 1. The molecule has 1 N–H and O–H groups in total. The SMILES string of the molecule is CCCCCCOc1ccc(CN2CCCC2)cc1.CNc1ncccc1C(=O)OC(C)C. The van der Waals surface area contributed by atoms with Crippen LogP contribution in [0.1, 0.15) is 75.2 Å². The van der Waals surface area contributed by atoms with Crippen LogP contribution in [-0.4, -0.2) is 48.7 Å². The minimum Gasteiger partial charge on any atom is -0.494 e. The van der Waals surface area contributed by atoms with E-state index in [-0.39, 0.29) is 12.1 Å². The molecule has 1 fully saturated rings.